The Balaban J connectivity index is 0.000000177. The van der Waals surface area contributed by atoms with Crippen molar-refractivity contribution in [3.05, 3.63) is 137 Å². The molecule has 0 saturated carbocycles. The van der Waals surface area contributed by atoms with Crippen molar-refractivity contribution in [3.8, 4) is 0 Å². The van der Waals surface area contributed by atoms with Crippen LogP contribution in [0.1, 0.15) is 49.7 Å². The summed E-state index contributed by atoms with van der Waals surface area (Å²) in [5.74, 6) is 0.207. The van der Waals surface area contributed by atoms with Gasteiger partial charge in [0.1, 0.15) is 28.2 Å². The number of carbonyl (C=O) groups excluding carboxylic acids is 1. The van der Waals surface area contributed by atoms with E-state index < -0.39 is 5.60 Å². The van der Waals surface area contributed by atoms with Crippen LogP contribution in [0.4, 0.5) is 19.4 Å². The summed E-state index contributed by atoms with van der Waals surface area (Å²) >= 11 is 5.92. The maximum Gasteiger partial charge on any atom is 0.410 e. The van der Waals surface area contributed by atoms with E-state index in [9.17, 15) is 13.6 Å². The second-order valence-corrected chi connectivity index (χ2v) is 15.4. The van der Waals surface area contributed by atoms with Crippen LogP contribution in [0, 0.1) is 11.6 Å². The predicted octanol–water partition coefficient (Wildman–Crippen LogP) is 8.11. The van der Waals surface area contributed by atoms with Crippen LogP contribution in [-0.2, 0) is 17.6 Å². The lowest BCUT2D eigenvalue weighted by Gasteiger charge is -2.28. The zero-order valence-corrected chi connectivity index (χ0v) is 32.5. The fraction of sp³-hybridized carbons (Fsp3) is 0.262. The largest absolute Gasteiger partial charge is 0.444 e. The van der Waals surface area contributed by atoms with Gasteiger partial charge < -0.3 is 14.5 Å². The summed E-state index contributed by atoms with van der Waals surface area (Å²) in [7, 11) is 1.78. The van der Waals surface area contributed by atoms with Gasteiger partial charge in [-0.25, -0.2) is 32.6 Å². The Hall–Kier alpha value is -6.28. The first-order valence-corrected chi connectivity index (χ1v) is 18.9. The van der Waals surface area contributed by atoms with Crippen molar-refractivity contribution in [1.29, 1.82) is 0 Å². The lowest BCUT2D eigenvalue weighted by atomic mass is 10.1. The van der Waals surface area contributed by atoms with Crippen LogP contribution >= 0.6 is 11.6 Å². The maximum absolute atomic E-state index is 14.8. The third kappa shape index (κ3) is 8.17. The third-order valence-electron chi connectivity index (χ3n) is 9.82. The number of pyridine rings is 2. The van der Waals surface area contributed by atoms with Crippen molar-refractivity contribution in [1.82, 2.24) is 44.1 Å². The number of ether oxygens (including phenoxy) is 1. The molecule has 15 heteroatoms. The van der Waals surface area contributed by atoms with Crippen LogP contribution in [0.15, 0.2) is 97.6 Å². The number of aromatic nitrogens is 8. The molecular formula is C42H39ClF2N10O2. The number of benzene rings is 2. The molecule has 290 valence electrons. The van der Waals surface area contributed by atoms with Crippen molar-refractivity contribution >= 4 is 56.6 Å². The molecule has 0 bridgehead atoms. The fourth-order valence-electron chi connectivity index (χ4n) is 6.91. The second-order valence-electron chi connectivity index (χ2n) is 15.0. The molecule has 8 aromatic rings. The first-order chi connectivity index (χ1) is 27.4. The molecule has 2 aromatic carbocycles. The van der Waals surface area contributed by atoms with Gasteiger partial charge in [0.25, 0.3) is 0 Å². The highest BCUT2D eigenvalue weighted by Gasteiger charge is 2.32. The van der Waals surface area contributed by atoms with E-state index in [1.54, 1.807) is 57.9 Å². The van der Waals surface area contributed by atoms with Gasteiger partial charge in [-0.1, -0.05) is 23.7 Å². The molecule has 1 atom stereocenters. The third-order valence-corrected chi connectivity index (χ3v) is 10.0. The molecule has 9 rings (SSSR count). The van der Waals surface area contributed by atoms with E-state index in [0.717, 1.165) is 40.9 Å². The Morgan fingerprint density at radius 1 is 0.807 bits per heavy atom. The number of carbonyl (C=O) groups is 1. The van der Waals surface area contributed by atoms with E-state index in [1.807, 2.05) is 69.3 Å². The first kappa shape index (κ1) is 37.6. The summed E-state index contributed by atoms with van der Waals surface area (Å²) in [5.41, 5.74) is 4.84. The highest BCUT2D eigenvalue weighted by molar-refractivity contribution is 6.29. The quantitative estimate of drug-likeness (QED) is 0.165. The SMILES string of the molecule is CN(C(=O)OC(C)(C)C)C1CCN(c2ccc3ncc(Cc4cc5cccnc5cc4F)n3n2)C1.Fc1cc2ncccc2cc1Cc1cnc2ccc(Cl)nn12. The van der Waals surface area contributed by atoms with Gasteiger partial charge in [-0.2, -0.15) is 5.10 Å². The van der Waals surface area contributed by atoms with Gasteiger partial charge in [0, 0.05) is 68.3 Å². The average Bonchev–Trinajstić information content (AvgIpc) is 3.94. The van der Waals surface area contributed by atoms with Gasteiger partial charge in [-0.3, -0.25) is 9.97 Å². The minimum Gasteiger partial charge on any atom is -0.444 e. The Labute approximate surface area is 331 Å². The van der Waals surface area contributed by atoms with Crippen molar-refractivity contribution in [3.63, 3.8) is 0 Å². The number of hydrogen-bond acceptors (Lipinski definition) is 9. The van der Waals surface area contributed by atoms with Crippen LogP contribution in [0.25, 0.3) is 33.1 Å². The Kier molecular flexibility index (Phi) is 10.1. The van der Waals surface area contributed by atoms with Crippen LogP contribution in [-0.4, -0.2) is 81.9 Å². The molecule has 0 N–H and O–H groups in total. The van der Waals surface area contributed by atoms with E-state index in [4.69, 9.17) is 21.4 Å². The van der Waals surface area contributed by atoms with Gasteiger partial charge in [-0.05, 0) is 86.8 Å². The van der Waals surface area contributed by atoms with E-state index in [2.05, 4.69) is 29.9 Å². The Bertz CT molecular complexity index is 2770. The molecule has 1 aliphatic rings. The van der Waals surface area contributed by atoms with E-state index >= 15 is 0 Å². The maximum atomic E-state index is 14.8. The molecular weight excluding hydrogens is 750 g/mol. The summed E-state index contributed by atoms with van der Waals surface area (Å²) in [4.78, 5) is 33.4. The number of likely N-dealkylation sites (N-methyl/N-ethyl adjacent to an activating group) is 1. The van der Waals surface area contributed by atoms with Gasteiger partial charge in [0.15, 0.2) is 11.3 Å². The van der Waals surface area contributed by atoms with Crippen molar-refractivity contribution in [2.45, 2.75) is 51.7 Å². The summed E-state index contributed by atoms with van der Waals surface area (Å²) in [6.45, 7) is 7.02. The zero-order valence-electron chi connectivity index (χ0n) is 31.8. The molecule has 7 heterocycles. The highest BCUT2D eigenvalue weighted by atomic mass is 35.5. The number of rotatable bonds is 6. The van der Waals surface area contributed by atoms with Gasteiger partial charge in [0.05, 0.1) is 40.9 Å². The monoisotopic (exact) mass is 788 g/mol. The number of hydrogen-bond donors (Lipinski definition) is 0. The molecule has 12 nitrogen and oxygen atoms in total. The number of anilines is 1. The Morgan fingerprint density at radius 3 is 1.95 bits per heavy atom. The number of halogens is 3. The minimum atomic E-state index is -0.533. The summed E-state index contributed by atoms with van der Waals surface area (Å²) in [6.07, 6.45) is 7.97. The number of fused-ring (bicyclic) bond motifs is 4. The fourth-order valence-corrected chi connectivity index (χ4v) is 7.05. The summed E-state index contributed by atoms with van der Waals surface area (Å²) < 4.78 is 38.0. The minimum absolute atomic E-state index is 0.0323. The molecule has 1 amide bonds. The van der Waals surface area contributed by atoms with E-state index in [0.29, 0.717) is 58.0 Å². The van der Waals surface area contributed by atoms with Crippen LogP contribution in [0.3, 0.4) is 0 Å². The second kappa shape index (κ2) is 15.3. The van der Waals surface area contributed by atoms with Gasteiger partial charge in [-0.15, -0.1) is 5.10 Å². The molecule has 57 heavy (non-hydrogen) atoms. The molecule has 1 fully saturated rings. The van der Waals surface area contributed by atoms with Crippen LogP contribution in [0.5, 0.6) is 0 Å². The summed E-state index contributed by atoms with van der Waals surface area (Å²) in [5, 5.41) is 11.2. The molecule has 1 aliphatic heterocycles. The molecule has 6 aromatic heterocycles. The standard InChI is InChI=1S/C26H29FN6O2.C16H10ClFN4/c1-26(2,3)35-25(34)31(4)19-9-11-32(16-19)24-8-7-23-29-15-20(33(23)30-24)13-18-12-17-6-5-10-28-22(17)14-21(18)27;17-15-3-4-16-20-9-12(22(16)21-15)7-11-6-10-2-1-5-19-14(10)8-13(11)18/h5-8,10,12,14-15,19H,9,11,13,16H2,1-4H3;1-6,8-9H,7H2. The predicted molar refractivity (Wildman–Crippen MR) is 215 cm³/mol. The average molecular weight is 789 g/mol. The summed E-state index contributed by atoms with van der Waals surface area (Å²) in [6, 6.07) is 21.4. The molecule has 1 unspecified atom stereocenters. The number of amides is 1. The molecule has 0 radical (unpaired) electrons. The normalized spacial score (nSPS) is 14.4. The zero-order chi connectivity index (χ0) is 39.8. The first-order valence-electron chi connectivity index (χ1n) is 18.5. The topological polar surface area (TPSA) is 119 Å². The van der Waals surface area contributed by atoms with E-state index in [1.165, 1.54) is 12.1 Å². The van der Waals surface area contributed by atoms with Crippen molar-refractivity contribution in [2.24, 2.45) is 0 Å². The lowest BCUT2D eigenvalue weighted by molar-refractivity contribution is 0.0238. The number of nitrogens with zero attached hydrogens (tertiary/aromatic N) is 10. The van der Waals surface area contributed by atoms with Crippen LogP contribution in [0.2, 0.25) is 5.15 Å². The van der Waals surface area contributed by atoms with E-state index in [-0.39, 0.29) is 23.8 Å². The van der Waals surface area contributed by atoms with Gasteiger partial charge >= 0.3 is 6.09 Å². The van der Waals surface area contributed by atoms with Crippen molar-refractivity contribution in [2.75, 3.05) is 25.0 Å². The van der Waals surface area contributed by atoms with Crippen LogP contribution < -0.4 is 4.90 Å². The van der Waals surface area contributed by atoms with Gasteiger partial charge in [0.2, 0.25) is 0 Å². The molecule has 1 saturated heterocycles. The Morgan fingerprint density at radius 2 is 1.37 bits per heavy atom. The molecule has 0 aliphatic carbocycles. The molecule has 0 spiro atoms. The smallest absolute Gasteiger partial charge is 0.410 e. The lowest BCUT2D eigenvalue weighted by Crippen LogP contribution is -2.42. The number of imidazole rings is 2. The van der Waals surface area contributed by atoms with Crippen molar-refractivity contribution < 1.29 is 18.3 Å². The highest BCUT2D eigenvalue weighted by Crippen LogP contribution is 2.25.